The molecule has 1 aromatic carbocycles. The second kappa shape index (κ2) is 7.84. The van der Waals surface area contributed by atoms with Crippen molar-refractivity contribution >= 4 is 11.6 Å². The predicted octanol–water partition coefficient (Wildman–Crippen LogP) is 2.30. The van der Waals surface area contributed by atoms with Gasteiger partial charge in [-0.1, -0.05) is 6.07 Å². The minimum Gasteiger partial charge on any atom is -0.379 e. The zero-order valence-electron chi connectivity index (χ0n) is 11.3. The Morgan fingerprint density at radius 1 is 1.17 bits per heavy atom. The third kappa shape index (κ3) is 5.29. The molecule has 0 saturated carbocycles. The summed E-state index contributed by atoms with van der Waals surface area (Å²) in [4.78, 5) is 11.6. The number of nitrogens with one attached hydrogen (secondary N) is 1. The third-order valence-electron chi connectivity index (χ3n) is 2.60. The zero-order valence-corrected chi connectivity index (χ0v) is 11.3. The van der Waals surface area contributed by atoms with E-state index >= 15 is 0 Å². The minimum absolute atomic E-state index is 0.0556. The minimum atomic E-state index is -0.144. The second-order valence-electron chi connectivity index (χ2n) is 4.10. The molecule has 1 rings (SSSR count). The summed E-state index contributed by atoms with van der Waals surface area (Å²) in [6.07, 6.45) is 0. The molecule has 0 aliphatic rings. The van der Waals surface area contributed by atoms with E-state index in [1.165, 1.54) is 5.56 Å². The van der Waals surface area contributed by atoms with Crippen LogP contribution in [0.2, 0.25) is 0 Å². The molecule has 0 saturated heterocycles. The van der Waals surface area contributed by atoms with E-state index < -0.39 is 0 Å². The quantitative estimate of drug-likeness (QED) is 0.756. The molecule has 0 atom stereocenters. The predicted molar refractivity (Wildman–Crippen MR) is 71.9 cm³/mol. The summed E-state index contributed by atoms with van der Waals surface area (Å²) in [5.41, 5.74) is 3.17. The fourth-order valence-corrected chi connectivity index (χ4v) is 1.44. The molecule has 18 heavy (non-hydrogen) atoms. The van der Waals surface area contributed by atoms with Crippen LogP contribution < -0.4 is 5.32 Å². The average Bonchev–Trinajstić information content (AvgIpc) is 2.34. The van der Waals surface area contributed by atoms with Crippen molar-refractivity contribution in [1.82, 2.24) is 0 Å². The Morgan fingerprint density at radius 2 is 1.89 bits per heavy atom. The Bertz CT molecular complexity index is 391. The van der Waals surface area contributed by atoms with Gasteiger partial charge < -0.3 is 14.8 Å². The van der Waals surface area contributed by atoms with Crippen molar-refractivity contribution in [3.8, 4) is 0 Å². The third-order valence-corrected chi connectivity index (χ3v) is 2.60. The van der Waals surface area contributed by atoms with Crippen molar-refractivity contribution in [3.63, 3.8) is 0 Å². The number of hydrogen-bond donors (Lipinski definition) is 1. The number of anilines is 1. The molecule has 1 amide bonds. The van der Waals surface area contributed by atoms with Crippen molar-refractivity contribution in [2.24, 2.45) is 0 Å². The number of amides is 1. The first-order chi connectivity index (χ1) is 8.63. The Hall–Kier alpha value is -1.39. The van der Waals surface area contributed by atoms with Gasteiger partial charge in [0.15, 0.2) is 0 Å². The van der Waals surface area contributed by atoms with Gasteiger partial charge in [-0.25, -0.2) is 0 Å². The Labute approximate surface area is 108 Å². The van der Waals surface area contributed by atoms with Gasteiger partial charge in [-0.2, -0.15) is 0 Å². The van der Waals surface area contributed by atoms with Crippen LogP contribution >= 0.6 is 0 Å². The van der Waals surface area contributed by atoms with Crippen LogP contribution in [0.4, 0.5) is 5.69 Å². The van der Waals surface area contributed by atoms with Gasteiger partial charge in [0.1, 0.15) is 6.61 Å². The number of rotatable bonds is 7. The van der Waals surface area contributed by atoms with Crippen LogP contribution in [0.1, 0.15) is 18.1 Å². The number of hydrogen-bond acceptors (Lipinski definition) is 3. The Kier molecular flexibility index (Phi) is 6.39. The van der Waals surface area contributed by atoms with Crippen LogP contribution in [-0.4, -0.2) is 32.3 Å². The smallest absolute Gasteiger partial charge is 0.250 e. The topological polar surface area (TPSA) is 47.6 Å². The molecule has 1 N–H and O–H groups in total. The first kappa shape index (κ1) is 14.7. The largest absolute Gasteiger partial charge is 0.379 e. The average molecular weight is 251 g/mol. The van der Waals surface area contributed by atoms with Crippen LogP contribution in [0.5, 0.6) is 0 Å². The van der Waals surface area contributed by atoms with Crippen LogP contribution in [-0.2, 0) is 14.3 Å². The summed E-state index contributed by atoms with van der Waals surface area (Å²) < 4.78 is 10.3. The maximum atomic E-state index is 11.6. The monoisotopic (exact) mass is 251 g/mol. The molecule has 0 spiro atoms. The van der Waals surface area contributed by atoms with Gasteiger partial charge in [0, 0.05) is 12.3 Å². The van der Waals surface area contributed by atoms with Crippen molar-refractivity contribution in [3.05, 3.63) is 29.3 Å². The highest BCUT2D eigenvalue weighted by Crippen LogP contribution is 2.13. The normalized spacial score (nSPS) is 10.4. The van der Waals surface area contributed by atoms with E-state index in [9.17, 15) is 4.79 Å². The SMILES string of the molecule is CCOCCOCC(=O)Nc1ccc(C)c(C)c1. The lowest BCUT2D eigenvalue weighted by atomic mass is 10.1. The van der Waals surface area contributed by atoms with Crippen molar-refractivity contribution in [1.29, 1.82) is 0 Å². The summed E-state index contributed by atoms with van der Waals surface area (Å²) in [6, 6.07) is 5.83. The molecule has 1 aromatic rings. The lowest BCUT2D eigenvalue weighted by Crippen LogP contribution is -2.19. The summed E-state index contributed by atoms with van der Waals surface area (Å²) in [7, 11) is 0. The van der Waals surface area contributed by atoms with Gasteiger partial charge in [0.2, 0.25) is 5.91 Å². The highest BCUT2D eigenvalue weighted by atomic mass is 16.5. The van der Waals surface area contributed by atoms with Gasteiger partial charge in [-0.15, -0.1) is 0 Å². The molecular weight excluding hydrogens is 230 g/mol. The van der Waals surface area contributed by atoms with E-state index in [0.29, 0.717) is 19.8 Å². The molecule has 0 bridgehead atoms. The number of ether oxygens (including phenoxy) is 2. The first-order valence-electron chi connectivity index (χ1n) is 6.16. The van der Waals surface area contributed by atoms with E-state index in [2.05, 4.69) is 5.32 Å². The second-order valence-corrected chi connectivity index (χ2v) is 4.10. The standard InChI is InChI=1S/C14H21NO3/c1-4-17-7-8-18-10-14(16)15-13-6-5-11(2)12(3)9-13/h5-6,9H,4,7-8,10H2,1-3H3,(H,15,16). The van der Waals surface area contributed by atoms with Crippen LogP contribution in [0.25, 0.3) is 0 Å². The van der Waals surface area contributed by atoms with E-state index in [1.807, 2.05) is 39.0 Å². The molecule has 4 heteroatoms. The Morgan fingerprint density at radius 3 is 2.56 bits per heavy atom. The number of aryl methyl sites for hydroxylation is 2. The van der Waals surface area contributed by atoms with Crippen molar-refractivity contribution in [2.75, 3.05) is 31.7 Å². The van der Waals surface area contributed by atoms with Crippen LogP contribution in [0.15, 0.2) is 18.2 Å². The highest BCUT2D eigenvalue weighted by Gasteiger charge is 2.03. The zero-order chi connectivity index (χ0) is 13.4. The van der Waals surface area contributed by atoms with E-state index in [0.717, 1.165) is 11.3 Å². The molecular formula is C14H21NO3. The molecule has 0 unspecified atom stereocenters. The summed E-state index contributed by atoms with van der Waals surface area (Å²) in [5, 5.41) is 2.80. The van der Waals surface area contributed by atoms with Crippen LogP contribution in [0, 0.1) is 13.8 Å². The maximum Gasteiger partial charge on any atom is 0.250 e. The van der Waals surface area contributed by atoms with Gasteiger partial charge in [-0.05, 0) is 44.0 Å². The summed E-state index contributed by atoms with van der Waals surface area (Å²) in [6.45, 7) is 7.66. The number of carbonyl (C=O) groups excluding carboxylic acids is 1. The van der Waals surface area contributed by atoms with Gasteiger partial charge >= 0.3 is 0 Å². The van der Waals surface area contributed by atoms with E-state index in [-0.39, 0.29) is 12.5 Å². The Balaban J connectivity index is 2.29. The fourth-order valence-electron chi connectivity index (χ4n) is 1.44. The molecule has 0 aliphatic heterocycles. The number of benzene rings is 1. The van der Waals surface area contributed by atoms with Gasteiger partial charge in [0.05, 0.1) is 13.2 Å². The van der Waals surface area contributed by atoms with E-state index in [4.69, 9.17) is 9.47 Å². The van der Waals surface area contributed by atoms with Gasteiger partial charge in [-0.3, -0.25) is 4.79 Å². The maximum absolute atomic E-state index is 11.6. The summed E-state index contributed by atoms with van der Waals surface area (Å²) >= 11 is 0. The van der Waals surface area contributed by atoms with Crippen LogP contribution in [0.3, 0.4) is 0 Å². The molecule has 0 fully saturated rings. The molecule has 4 nitrogen and oxygen atoms in total. The molecule has 0 aromatic heterocycles. The summed E-state index contributed by atoms with van der Waals surface area (Å²) in [5.74, 6) is -0.144. The first-order valence-corrected chi connectivity index (χ1v) is 6.16. The lowest BCUT2D eigenvalue weighted by Gasteiger charge is -2.08. The lowest BCUT2D eigenvalue weighted by molar-refractivity contribution is -0.121. The number of carbonyl (C=O) groups is 1. The van der Waals surface area contributed by atoms with Crippen molar-refractivity contribution in [2.45, 2.75) is 20.8 Å². The molecule has 0 heterocycles. The molecule has 100 valence electrons. The highest BCUT2D eigenvalue weighted by molar-refractivity contribution is 5.91. The molecule has 0 radical (unpaired) electrons. The van der Waals surface area contributed by atoms with E-state index in [1.54, 1.807) is 0 Å². The fraction of sp³-hybridized carbons (Fsp3) is 0.500. The van der Waals surface area contributed by atoms with Gasteiger partial charge in [0.25, 0.3) is 0 Å². The van der Waals surface area contributed by atoms with Crippen molar-refractivity contribution < 1.29 is 14.3 Å². The molecule has 0 aliphatic carbocycles.